The molecule has 3 N–H and O–H groups in total. The van der Waals surface area contributed by atoms with Gasteiger partial charge in [0, 0.05) is 22.3 Å². The number of hydrogen-bond donors (Lipinski definition) is 2. The van der Waals surface area contributed by atoms with E-state index >= 15 is 0 Å². The zero-order valence-electron chi connectivity index (χ0n) is 9.73. The highest BCUT2D eigenvalue weighted by atomic mass is 35.5. The van der Waals surface area contributed by atoms with Crippen molar-refractivity contribution < 1.29 is 9.90 Å². The molecular formula is C13H10Cl2N2O2. The minimum atomic E-state index is -0.947. The van der Waals surface area contributed by atoms with Gasteiger partial charge >= 0.3 is 5.97 Å². The maximum atomic E-state index is 10.9. The highest BCUT2D eigenvalue weighted by Gasteiger charge is 2.15. The number of aliphatic carboxylic acids is 1. The molecule has 98 valence electrons. The third-order valence-corrected chi connectivity index (χ3v) is 3.16. The molecular weight excluding hydrogens is 287 g/mol. The van der Waals surface area contributed by atoms with E-state index in [2.05, 4.69) is 4.98 Å². The second kappa shape index (κ2) is 5.47. The zero-order valence-corrected chi connectivity index (χ0v) is 11.2. The van der Waals surface area contributed by atoms with Gasteiger partial charge < -0.3 is 10.8 Å². The molecule has 0 fully saturated rings. The minimum Gasteiger partial charge on any atom is -0.481 e. The summed E-state index contributed by atoms with van der Waals surface area (Å²) in [4.78, 5) is 14.9. The molecule has 0 bridgehead atoms. The first kappa shape index (κ1) is 13.6. The second-order valence-electron chi connectivity index (χ2n) is 3.92. The number of carboxylic acids is 1. The number of halogens is 2. The number of carbonyl (C=O) groups is 1. The summed E-state index contributed by atoms with van der Waals surface area (Å²) in [6.07, 6.45) is 1.32. The van der Waals surface area contributed by atoms with Crippen LogP contribution in [0.4, 0.5) is 5.82 Å². The fourth-order valence-electron chi connectivity index (χ4n) is 1.83. The van der Waals surface area contributed by atoms with Crippen LogP contribution in [0.2, 0.25) is 10.0 Å². The molecule has 0 radical (unpaired) electrons. The van der Waals surface area contributed by atoms with E-state index in [1.54, 1.807) is 24.3 Å². The van der Waals surface area contributed by atoms with Gasteiger partial charge in [-0.2, -0.15) is 0 Å². The monoisotopic (exact) mass is 296 g/mol. The van der Waals surface area contributed by atoms with Crippen molar-refractivity contribution in [2.24, 2.45) is 0 Å². The number of rotatable bonds is 3. The van der Waals surface area contributed by atoms with Crippen molar-refractivity contribution in [2.45, 2.75) is 6.42 Å². The number of anilines is 1. The Morgan fingerprint density at radius 3 is 2.68 bits per heavy atom. The van der Waals surface area contributed by atoms with E-state index in [1.165, 1.54) is 6.20 Å². The lowest BCUT2D eigenvalue weighted by molar-refractivity contribution is -0.136. The fraction of sp³-hybridized carbons (Fsp3) is 0.0769. The van der Waals surface area contributed by atoms with Crippen LogP contribution in [0, 0.1) is 0 Å². The number of hydrogen-bond acceptors (Lipinski definition) is 3. The van der Waals surface area contributed by atoms with Crippen molar-refractivity contribution in [1.82, 2.24) is 4.98 Å². The molecule has 1 aromatic carbocycles. The van der Waals surface area contributed by atoms with Crippen LogP contribution < -0.4 is 5.73 Å². The lowest BCUT2D eigenvalue weighted by Crippen LogP contribution is -2.05. The Balaban J connectivity index is 2.63. The van der Waals surface area contributed by atoms with Gasteiger partial charge in [0.2, 0.25) is 0 Å². The van der Waals surface area contributed by atoms with E-state index in [0.717, 1.165) is 0 Å². The van der Waals surface area contributed by atoms with Crippen molar-refractivity contribution in [2.75, 3.05) is 5.73 Å². The average molecular weight is 297 g/mol. The Morgan fingerprint density at radius 2 is 2.05 bits per heavy atom. The van der Waals surface area contributed by atoms with Crippen molar-refractivity contribution >= 4 is 35.0 Å². The molecule has 0 saturated heterocycles. The van der Waals surface area contributed by atoms with Gasteiger partial charge in [-0.15, -0.1) is 0 Å². The van der Waals surface area contributed by atoms with Gasteiger partial charge in [0.15, 0.2) is 0 Å². The predicted octanol–water partition coefficient (Wildman–Crippen LogP) is 3.26. The highest BCUT2D eigenvalue weighted by molar-refractivity contribution is 6.36. The van der Waals surface area contributed by atoms with E-state index in [4.69, 9.17) is 34.0 Å². The van der Waals surface area contributed by atoms with E-state index < -0.39 is 5.97 Å². The van der Waals surface area contributed by atoms with Crippen LogP contribution in [0.1, 0.15) is 5.56 Å². The fourth-order valence-corrected chi connectivity index (χ4v) is 2.34. The second-order valence-corrected chi connectivity index (χ2v) is 4.77. The molecule has 6 heteroatoms. The molecule has 0 aliphatic carbocycles. The maximum absolute atomic E-state index is 10.9. The van der Waals surface area contributed by atoms with Crippen LogP contribution in [-0.2, 0) is 11.2 Å². The molecule has 0 unspecified atom stereocenters. The van der Waals surface area contributed by atoms with Gasteiger partial charge in [0.25, 0.3) is 0 Å². The van der Waals surface area contributed by atoms with Gasteiger partial charge in [-0.3, -0.25) is 4.79 Å². The van der Waals surface area contributed by atoms with Crippen LogP contribution >= 0.6 is 23.2 Å². The predicted molar refractivity (Wildman–Crippen MR) is 75.4 cm³/mol. The molecule has 0 amide bonds. The molecule has 19 heavy (non-hydrogen) atoms. The molecule has 0 aliphatic rings. The lowest BCUT2D eigenvalue weighted by atomic mass is 9.99. The van der Waals surface area contributed by atoms with E-state index in [-0.39, 0.29) is 12.2 Å². The lowest BCUT2D eigenvalue weighted by Gasteiger charge is -2.12. The van der Waals surface area contributed by atoms with Crippen molar-refractivity contribution in [3.63, 3.8) is 0 Å². The quantitative estimate of drug-likeness (QED) is 0.911. The first-order chi connectivity index (χ1) is 8.99. The van der Waals surface area contributed by atoms with Crippen LogP contribution in [0.5, 0.6) is 0 Å². The summed E-state index contributed by atoms with van der Waals surface area (Å²) in [6.45, 7) is 0. The normalized spacial score (nSPS) is 10.4. The van der Waals surface area contributed by atoms with E-state index in [9.17, 15) is 4.79 Å². The topological polar surface area (TPSA) is 76.2 Å². The van der Waals surface area contributed by atoms with Crippen molar-refractivity contribution in [3.8, 4) is 11.1 Å². The van der Waals surface area contributed by atoms with Gasteiger partial charge in [-0.05, 0) is 23.8 Å². The Hall–Kier alpha value is -1.78. The van der Waals surface area contributed by atoms with Crippen LogP contribution in [0.3, 0.4) is 0 Å². The van der Waals surface area contributed by atoms with E-state index in [0.29, 0.717) is 26.7 Å². The summed E-state index contributed by atoms with van der Waals surface area (Å²) in [5, 5.41) is 9.83. The standard InChI is InChI=1S/C13H10Cl2N2O2/c14-8-1-2-9(10(15)6-8)12-7(5-11(18)19)3-4-17-13(12)16/h1-4,6H,5H2,(H2,16,17)(H,18,19). The number of aromatic nitrogens is 1. The number of carboxylic acid groups (broad SMARTS) is 1. The third kappa shape index (κ3) is 2.97. The Labute approximate surface area is 119 Å². The molecule has 0 spiro atoms. The largest absolute Gasteiger partial charge is 0.481 e. The molecule has 1 heterocycles. The molecule has 2 aromatic rings. The van der Waals surface area contributed by atoms with Gasteiger partial charge in [0.1, 0.15) is 5.82 Å². The Kier molecular flexibility index (Phi) is 3.93. The van der Waals surface area contributed by atoms with E-state index in [1.807, 2.05) is 0 Å². The molecule has 0 aliphatic heterocycles. The molecule has 4 nitrogen and oxygen atoms in total. The molecule has 0 atom stereocenters. The number of pyridine rings is 1. The number of nitrogens with zero attached hydrogens (tertiary/aromatic N) is 1. The zero-order chi connectivity index (χ0) is 14.0. The Morgan fingerprint density at radius 1 is 1.32 bits per heavy atom. The minimum absolute atomic E-state index is 0.152. The maximum Gasteiger partial charge on any atom is 0.307 e. The molecule has 1 aromatic heterocycles. The first-order valence-electron chi connectivity index (χ1n) is 5.39. The van der Waals surface area contributed by atoms with Gasteiger partial charge in [0.05, 0.1) is 11.4 Å². The van der Waals surface area contributed by atoms with Gasteiger partial charge in [-0.25, -0.2) is 4.98 Å². The SMILES string of the molecule is Nc1nccc(CC(=O)O)c1-c1ccc(Cl)cc1Cl. The van der Waals surface area contributed by atoms with Crippen LogP contribution in [0.25, 0.3) is 11.1 Å². The first-order valence-corrected chi connectivity index (χ1v) is 6.15. The number of nitrogen functional groups attached to an aromatic ring is 1. The summed E-state index contributed by atoms with van der Waals surface area (Å²) < 4.78 is 0. The van der Waals surface area contributed by atoms with Crippen LogP contribution in [0.15, 0.2) is 30.5 Å². The molecule has 0 saturated carbocycles. The highest BCUT2D eigenvalue weighted by Crippen LogP contribution is 2.35. The summed E-state index contributed by atoms with van der Waals surface area (Å²) in [5.41, 5.74) is 7.55. The Bertz CT molecular complexity index is 645. The third-order valence-electron chi connectivity index (χ3n) is 2.61. The summed E-state index contributed by atoms with van der Waals surface area (Å²) in [6, 6.07) is 6.56. The van der Waals surface area contributed by atoms with Crippen molar-refractivity contribution in [3.05, 3.63) is 46.1 Å². The summed E-state index contributed by atoms with van der Waals surface area (Å²) in [5.74, 6) is -0.708. The number of benzene rings is 1. The summed E-state index contributed by atoms with van der Waals surface area (Å²) in [7, 11) is 0. The van der Waals surface area contributed by atoms with Crippen LogP contribution in [-0.4, -0.2) is 16.1 Å². The smallest absolute Gasteiger partial charge is 0.307 e. The van der Waals surface area contributed by atoms with Crippen molar-refractivity contribution in [1.29, 1.82) is 0 Å². The molecule has 2 rings (SSSR count). The summed E-state index contributed by atoms with van der Waals surface area (Å²) >= 11 is 12.0. The van der Waals surface area contributed by atoms with Gasteiger partial charge in [-0.1, -0.05) is 29.3 Å². The average Bonchev–Trinajstić information content (AvgIpc) is 2.30. The number of nitrogens with two attached hydrogens (primary N) is 1.